The van der Waals surface area contributed by atoms with Gasteiger partial charge in [-0.2, -0.15) is 0 Å². The molecule has 0 radical (unpaired) electrons. The van der Waals surface area contributed by atoms with E-state index in [1.165, 1.54) is 17.8 Å². The molecule has 5 fully saturated rings. The van der Waals surface area contributed by atoms with Gasteiger partial charge in [0, 0.05) is 23.2 Å². The first kappa shape index (κ1) is 25.3. The van der Waals surface area contributed by atoms with Gasteiger partial charge in [0.2, 0.25) is 0 Å². The molecule has 36 heavy (non-hydrogen) atoms. The topological polar surface area (TPSA) is 82.1 Å². The zero-order chi connectivity index (χ0) is 25.7. The first-order valence-electron chi connectivity index (χ1n) is 13.4. The third kappa shape index (κ3) is 3.12. The minimum Gasteiger partial charge on any atom is -0.464 e. The highest BCUT2D eigenvalue weighted by molar-refractivity contribution is 8.01. The number of thioether (sulfide) groups is 1. The molecule has 2 aliphatic heterocycles. The van der Waals surface area contributed by atoms with E-state index >= 15 is 8.78 Å². The minimum atomic E-state index is -2.05. The summed E-state index contributed by atoms with van der Waals surface area (Å²) in [6.45, 7) is 6.07. The summed E-state index contributed by atoms with van der Waals surface area (Å²) in [5, 5.41) is 11.5. The Hall–Kier alpha value is -1.03. The molecule has 0 aromatic heterocycles. The number of aliphatic hydroxyl groups is 1. The second-order valence-corrected chi connectivity index (χ2v) is 13.7. The highest BCUT2D eigenvalue weighted by Crippen LogP contribution is 2.74. The van der Waals surface area contributed by atoms with Crippen molar-refractivity contribution in [2.75, 3.05) is 6.61 Å². The predicted molar refractivity (Wildman–Crippen MR) is 128 cm³/mol. The first-order chi connectivity index (χ1) is 17.0. The van der Waals surface area contributed by atoms with E-state index in [1.807, 2.05) is 6.92 Å². The molecule has 1 unspecified atom stereocenters. The number of halogens is 2. The van der Waals surface area contributed by atoms with Crippen LogP contribution in [-0.4, -0.2) is 64.0 Å². The summed E-state index contributed by atoms with van der Waals surface area (Å²) in [5.41, 5.74) is -3.77. The van der Waals surface area contributed by atoms with Crippen LogP contribution < -0.4 is 0 Å². The molecule has 1 N–H and O–H groups in total. The number of fused-ring (bicyclic) bond motifs is 7. The summed E-state index contributed by atoms with van der Waals surface area (Å²) in [5.74, 6) is -1.44. The summed E-state index contributed by atoms with van der Waals surface area (Å²) in [7, 11) is 0. The molecular formula is C27H36F2O6S. The van der Waals surface area contributed by atoms with Gasteiger partial charge in [-0.05, 0) is 49.7 Å². The molecule has 11 atom stereocenters. The van der Waals surface area contributed by atoms with Gasteiger partial charge in [0.05, 0.1) is 17.8 Å². The molecule has 6 aliphatic rings. The summed E-state index contributed by atoms with van der Waals surface area (Å²) >= 11 is 1.54. The van der Waals surface area contributed by atoms with E-state index in [1.54, 1.807) is 6.92 Å². The average Bonchev–Trinajstić information content (AvgIpc) is 3.44. The van der Waals surface area contributed by atoms with Crippen molar-refractivity contribution in [3.63, 3.8) is 0 Å². The van der Waals surface area contributed by atoms with Crippen LogP contribution in [0.4, 0.5) is 8.78 Å². The summed E-state index contributed by atoms with van der Waals surface area (Å²) < 4.78 is 51.6. The number of hydrogen-bond donors (Lipinski definition) is 1. The van der Waals surface area contributed by atoms with Crippen LogP contribution in [0.1, 0.15) is 72.1 Å². The summed E-state index contributed by atoms with van der Waals surface area (Å²) in [6.07, 6.45) is 0.559. The Morgan fingerprint density at radius 1 is 1.22 bits per heavy atom. The van der Waals surface area contributed by atoms with Crippen molar-refractivity contribution < 1.29 is 37.7 Å². The van der Waals surface area contributed by atoms with E-state index in [0.29, 0.717) is 12.8 Å². The highest BCUT2D eigenvalue weighted by Gasteiger charge is 2.79. The lowest BCUT2D eigenvalue weighted by atomic mass is 9.44. The Morgan fingerprint density at radius 3 is 2.69 bits per heavy atom. The molecule has 0 bridgehead atoms. The second kappa shape index (κ2) is 8.23. The number of aliphatic hydroxyl groups excluding tert-OH is 1. The minimum absolute atomic E-state index is 0.0700. The van der Waals surface area contributed by atoms with E-state index in [9.17, 15) is 14.7 Å². The van der Waals surface area contributed by atoms with Crippen molar-refractivity contribution in [1.29, 1.82) is 0 Å². The van der Waals surface area contributed by atoms with Gasteiger partial charge < -0.3 is 19.3 Å². The molecule has 9 heteroatoms. The van der Waals surface area contributed by atoms with Crippen LogP contribution in [-0.2, 0) is 23.8 Å². The Morgan fingerprint density at radius 2 is 2.00 bits per heavy atom. The SMILES string of the molecule is CCCC1O[C@@H]2C[C@H]3[C@@H]4C[C@H](F)C5=CC(=O)CC[C@]5(C)[C@@]4(F)[C@@H](O)C[C@]3(C)[C@]2(S[C@H]2COC(=O)C2)O1. The smallest absolute Gasteiger partial charge is 0.307 e. The molecule has 4 aliphatic carbocycles. The third-order valence-corrected chi connectivity index (χ3v) is 12.2. The molecule has 0 aromatic rings. The van der Waals surface area contributed by atoms with Gasteiger partial charge in [0.15, 0.2) is 12.1 Å². The van der Waals surface area contributed by atoms with Crippen LogP contribution in [0.5, 0.6) is 0 Å². The normalized spacial score (nSPS) is 53.8. The highest BCUT2D eigenvalue weighted by atomic mass is 32.2. The number of alkyl halides is 2. The van der Waals surface area contributed by atoms with Crippen molar-refractivity contribution in [1.82, 2.24) is 0 Å². The van der Waals surface area contributed by atoms with E-state index in [0.717, 1.165) is 6.42 Å². The number of rotatable bonds is 4. The van der Waals surface area contributed by atoms with Crippen molar-refractivity contribution >= 4 is 23.5 Å². The lowest BCUT2D eigenvalue weighted by Gasteiger charge is -2.64. The molecular weight excluding hydrogens is 490 g/mol. The largest absolute Gasteiger partial charge is 0.464 e. The van der Waals surface area contributed by atoms with Gasteiger partial charge in [-0.25, -0.2) is 8.78 Å². The lowest BCUT2D eigenvalue weighted by molar-refractivity contribution is -0.232. The maximum atomic E-state index is 17.5. The van der Waals surface area contributed by atoms with E-state index in [-0.39, 0.29) is 73.3 Å². The third-order valence-electron chi connectivity index (χ3n) is 10.4. The standard InChI is InChI=1S/C27H36F2O6S/c1-4-5-23-34-21-11-16-17-10-19(28)18-8-14(30)6-7-24(18,2)26(17,29)20(31)12-25(16,3)27(21,35-23)36-15-9-22(32)33-13-15/h8,15-17,19-21,23,31H,4-7,9-13H2,1-3H3/t15-,16+,17+,19+,20+,21-,23?,24+,25+,26+,27+/m1/s1. The molecule has 2 saturated heterocycles. The molecule has 6 rings (SSSR count). The van der Waals surface area contributed by atoms with Crippen LogP contribution in [0.25, 0.3) is 0 Å². The predicted octanol–water partition coefficient (Wildman–Crippen LogP) is 4.43. The molecule has 6 nitrogen and oxygen atoms in total. The fourth-order valence-corrected chi connectivity index (χ4v) is 10.5. The van der Waals surface area contributed by atoms with Gasteiger partial charge in [-0.15, -0.1) is 11.8 Å². The Bertz CT molecular complexity index is 1010. The number of esters is 1. The van der Waals surface area contributed by atoms with Crippen molar-refractivity contribution in [3.05, 3.63) is 11.6 Å². The maximum Gasteiger partial charge on any atom is 0.307 e. The van der Waals surface area contributed by atoms with E-state index in [4.69, 9.17) is 14.2 Å². The Balaban J connectivity index is 1.41. The molecule has 0 amide bonds. The lowest BCUT2D eigenvalue weighted by Crippen LogP contribution is -2.70. The van der Waals surface area contributed by atoms with E-state index < -0.39 is 45.9 Å². The van der Waals surface area contributed by atoms with Crippen LogP contribution in [0.2, 0.25) is 0 Å². The van der Waals surface area contributed by atoms with Crippen LogP contribution in [0, 0.1) is 22.7 Å². The zero-order valence-electron chi connectivity index (χ0n) is 21.1. The summed E-state index contributed by atoms with van der Waals surface area (Å²) in [6, 6.07) is 0. The van der Waals surface area contributed by atoms with Crippen LogP contribution in [0.15, 0.2) is 11.6 Å². The molecule has 2 heterocycles. The Kier molecular flexibility index (Phi) is 5.78. The monoisotopic (exact) mass is 526 g/mol. The maximum absolute atomic E-state index is 17.5. The number of ketones is 1. The van der Waals surface area contributed by atoms with Crippen LogP contribution in [0.3, 0.4) is 0 Å². The molecule has 3 saturated carbocycles. The fourth-order valence-electron chi connectivity index (χ4n) is 8.67. The van der Waals surface area contributed by atoms with Gasteiger partial charge in [0.1, 0.15) is 29.5 Å². The van der Waals surface area contributed by atoms with Crippen molar-refractivity contribution in [2.24, 2.45) is 22.7 Å². The molecule has 200 valence electrons. The second-order valence-electron chi connectivity index (χ2n) is 12.2. The van der Waals surface area contributed by atoms with Gasteiger partial charge in [0.25, 0.3) is 0 Å². The number of cyclic esters (lactones) is 1. The van der Waals surface area contributed by atoms with Gasteiger partial charge in [-0.3, -0.25) is 9.59 Å². The van der Waals surface area contributed by atoms with Gasteiger partial charge in [-0.1, -0.05) is 27.2 Å². The number of carbonyl (C=O) groups is 2. The summed E-state index contributed by atoms with van der Waals surface area (Å²) in [4.78, 5) is 23.1. The zero-order valence-corrected chi connectivity index (χ0v) is 22.0. The van der Waals surface area contributed by atoms with Gasteiger partial charge >= 0.3 is 5.97 Å². The molecule has 0 spiro atoms. The number of ether oxygens (including phenoxy) is 3. The Labute approximate surface area is 214 Å². The van der Waals surface area contributed by atoms with Crippen molar-refractivity contribution in [3.8, 4) is 0 Å². The van der Waals surface area contributed by atoms with Crippen LogP contribution >= 0.6 is 11.8 Å². The quantitative estimate of drug-likeness (QED) is 0.543. The number of allylic oxidation sites excluding steroid dienone is 1. The first-order valence-corrected chi connectivity index (χ1v) is 14.3. The number of hydrogen-bond acceptors (Lipinski definition) is 7. The van der Waals surface area contributed by atoms with Crippen molar-refractivity contribution in [2.45, 2.75) is 113 Å². The average molecular weight is 527 g/mol. The molecule has 0 aromatic carbocycles. The fraction of sp³-hybridized carbons (Fsp3) is 0.852. The van der Waals surface area contributed by atoms with E-state index in [2.05, 4.69) is 6.92 Å². The number of carbonyl (C=O) groups excluding carboxylic acids is 2.